The molecule has 4 heteroatoms. The van der Waals surface area contributed by atoms with Gasteiger partial charge in [0, 0.05) is 12.6 Å². The maximum atomic E-state index is 12.8. The quantitative estimate of drug-likeness (QED) is 0.825. The Hall–Kier alpha value is -1.39. The summed E-state index contributed by atoms with van der Waals surface area (Å²) in [6.45, 7) is 6.46. The van der Waals surface area contributed by atoms with Crippen LogP contribution >= 0.6 is 0 Å². The van der Waals surface area contributed by atoms with Gasteiger partial charge in [-0.05, 0) is 43.4 Å². The minimum absolute atomic E-state index is 0.00567. The first-order chi connectivity index (χ1) is 10.6. The van der Waals surface area contributed by atoms with Crippen LogP contribution in [-0.4, -0.2) is 18.8 Å². The molecule has 0 saturated heterocycles. The van der Waals surface area contributed by atoms with Crippen LogP contribution in [0.2, 0.25) is 0 Å². The van der Waals surface area contributed by atoms with E-state index in [-0.39, 0.29) is 6.04 Å². The molecule has 1 aliphatic carbocycles. The second-order valence-electron chi connectivity index (χ2n) is 5.46. The molecule has 0 saturated carbocycles. The standard InChI is InChI=1S/C16H19NO2S.C2H6/c1-13-11-14-7-5-6-8-15(14)12-17(13)20(18,19)16-9-3-2-4-10-16;1-2/h3,5-10,13H,2,4,11-12H2,1H3;1-2H3. The number of benzene rings is 1. The highest BCUT2D eigenvalue weighted by atomic mass is 32.2. The third kappa shape index (κ3) is 3.33. The van der Waals surface area contributed by atoms with Gasteiger partial charge in [0.15, 0.2) is 0 Å². The van der Waals surface area contributed by atoms with Gasteiger partial charge in [-0.1, -0.05) is 50.3 Å². The minimum atomic E-state index is -3.37. The summed E-state index contributed by atoms with van der Waals surface area (Å²) in [4.78, 5) is 0.454. The van der Waals surface area contributed by atoms with E-state index < -0.39 is 10.0 Å². The third-order valence-corrected chi connectivity index (χ3v) is 6.02. The average Bonchev–Trinajstić information content (AvgIpc) is 2.57. The number of fused-ring (bicyclic) bond motifs is 1. The van der Waals surface area contributed by atoms with Crippen molar-refractivity contribution in [2.24, 2.45) is 0 Å². The van der Waals surface area contributed by atoms with Crippen LogP contribution in [0.25, 0.3) is 0 Å². The molecule has 0 aromatic heterocycles. The first kappa shape index (κ1) is 17.0. The van der Waals surface area contributed by atoms with Crippen molar-refractivity contribution >= 4 is 10.0 Å². The molecule has 0 fully saturated rings. The van der Waals surface area contributed by atoms with Gasteiger partial charge >= 0.3 is 0 Å². The van der Waals surface area contributed by atoms with Crippen LogP contribution in [0.1, 0.15) is 44.7 Å². The van der Waals surface area contributed by atoms with Crippen molar-refractivity contribution in [1.29, 1.82) is 0 Å². The van der Waals surface area contributed by atoms with Crippen LogP contribution < -0.4 is 0 Å². The van der Waals surface area contributed by atoms with Gasteiger partial charge in [0.2, 0.25) is 10.0 Å². The Bertz CT molecular complexity index is 674. The Kier molecular flexibility index (Phi) is 5.59. The van der Waals surface area contributed by atoms with Crippen molar-refractivity contribution in [2.75, 3.05) is 0 Å². The van der Waals surface area contributed by atoms with Gasteiger partial charge in [0.25, 0.3) is 0 Å². The zero-order chi connectivity index (χ0) is 16.2. The van der Waals surface area contributed by atoms with Gasteiger partial charge < -0.3 is 0 Å². The monoisotopic (exact) mass is 319 g/mol. The average molecular weight is 319 g/mol. The highest BCUT2D eigenvalue weighted by Gasteiger charge is 2.33. The molecule has 0 N–H and O–H groups in total. The number of hydrogen-bond acceptors (Lipinski definition) is 2. The molecule has 2 aliphatic rings. The summed E-state index contributed by atoms with van der Waals surface area (Å²) in [5.41, 5.74) is 2.38. The van der Waals surface area contributed by atoms with Crippen molar-refractivity contribution in [3.8, 4) is 0 Å². The summed E-state index contributed by atoms with van der Waals surface area (Å²) in [6.07, 6.45) is 8.04. The van der Waals surface area contributed by atoms with E-state index in [0.29, 0.717) is 11.4 Å². The number of sulfonamides is 1. The van der Waals surface area contributed by atoms with E-state index in [0.717, 1.165) is 24.8 Å². The van der Waals surface area contributed by atoms with Crippen LogP contribution in [-0.2, 0) is 23.0 Å². The van der Waals surface area contributed by atoms with Crippen LogP contribution in [0.4, 0.5) is 0 Å². The van der Waals surface area contributed by atoms with Gasteiger partial charge in [-0.2, -0.15) is 4.31 Å². The normalized spacial score (nSPS) is 21.4. The molecule has 0 spiro atoms. The van der Waals surface area contributed by atoms with Crippen LogP contribution in [0.3, 0.4) is 0 Å². The van der Waals surface area contributed by atoms with Gasteiger partial charge in [0.1, 0.15) is 0 Å². The fourth-order valence-electron chi connectivity index (χ4n) is 2.89. The minimum Gasteiger partial charge on any atom is -0.207 e. The van der Waals surface area contributed by atoms with Gasteiger partial charge in [-0.15, -0.1) is 0 Å². The lowest BCUT2D eigenvalue weighted by molar-refractivity contribution is 0.312. The number of rotatable bonds is 2. The first-order valence-corrected chi connectivity index (χ1v) is 9.48. The van der Waals surface area contributed by atoms with Crippen LogP contribution in [0.15, 0.2) is 47.4 Å². The maximum Gasteiger partial charge on any atom is 0.243 e. The summed E-state index contributed by atoms with van der Waals surface area (Å²) in [6, 6.07) is 8.11. The van der Waals surface area contributed by atoms with E-state index in [1.807, 2.05) is 51.1 Å². The zero-order valence-electron chi connectivity index (χ0n) is 13.6. The predicted octanol–water partition coefficient (Wildman–Crippen LogP) is 4.02. The molecule has 1 unspecified atom stereocenters. The highest BCUT2D eigenvalue weighted by Crippen LogP contribution is 2.29. The molecule has 22 heavy (non-hydrogen) atoms. The van der Waals surface area contributed by atoms with E-state index in [4.69, 9.17) is 0 Å². The van der Waals surface area contributed by atoms with Crippen molar-refractivity contribution in [3.63, 3.8) is 0 Å². The van der Waals surface area contributed by atoms with E-state index in [2.05, 4.69) is 6.07 Å². The van der Waals surface area contributed by atoms with E-state index in [1.165, 1.54) is 5.56 Å². The zero-order valence-corrected chi connectivity index (χ0v) is 14.4. The summed E-state index contributed by atoms with van der Waals surface area (Å²) in [7, 11) is -3.37. The third-order valence-electron chi connectivity index (χ3n) is 4.02. The van der Waals surface area contributed by atoms with Crippen LogP contribution in [0, 0.1) is 0 Å². The van der Waals surface area contributed by atoms with E-state index in [1.54, 1.807) is 10.4 Å². The lowest BCUT2D eigenvalue weighted by Crippen LogP contribution is -2.42. The molecule has 1 aliphatic heterocycles. The Morgan fingerprint density at radius 3 is 2.41 bits per heavy atom. The number of hydrogen-bond donors (Lipinski definition) is 0. The Balaban J connectivity index is 0.000000847. The van der Waals surface area contributed by atoms with Crippen molar-refractivity contribution in [3.05, 3.63) is 58.5 Å². The summed E-state index contributed by atoms with van der Waals surface area (Å²) < 4.78 is 27.2. The largest absolute Gasteiger partial charge is 0.243 e. The lowest BCUT2D eigenvalue weighted by Gasteiger charge is -2.34. The Labute approximate surface area is 134 Å². The van der Waals surface area contributed by atoms with Crippen molar-refractivity contribution in [2.45, 2.75) is 52.6 Å². The molecular weight excluding hydrogens is 294 g/mol. The van der Waals surface area contributed by atoms with Crippen molar-refractivity contribution < 1.29 is 8.42 Å². The second-order valence-corrected chi connectivity index (χ2v) is 7.35. The van der Waals surface area contributed by atoms with Gasteiger partial charge in [-0.3, -0.25) is 0 Å². The summed E-state index contributed by atoms with van der Waals surface area (Å²) in [5.74, 6) is 0. The molecule has 0 amide bonds. The van der Waals surface area contributed by atoms with E-state index in [9.17, 15) is 8.42 Å². The topological polar surface area (TPSA) is 37.4 Å². The molecule has 1 aromatic carbocycles. The highest BCUT2D eigenvalue weighted by molar-refractivity contribution is 7.93. The fourth-order valence-corrected chi connectivity index (χ4v) is 4.62. The summed E-state index contributed by atoms with van der Waals surface area (Å²) in [5, 5.41) is 0. The molecule has 3 nitrogen and oxygen atoms in total. The molecule has 0 radical (unpaired) electrons. The first-order valence-electron chi connectivity index (χ1n) is 8.04. The van der Waals surface area contributed by atoms with Crippen LogP contribution in [0.5, 0.6) is 0 Å². The molecule has 0 bridgehead atoms. The molecular formula is C18H25NO2S. The smallest absolute Gasteiger partial charge is 0.207 e. The predicted molar refractivity (Wildman–Crippen MR) is 91.9 cm³/mol. The maximum absolute atomic E-state index is 12.8. The Morgan fingerprint density at radius 2 is 1.77 bits per heavy atom. The SMILES string of the molecule is CC.CC1Cc2ccccc2CN1S(=O)(=O)C1=CCCC=C1. The summed E-state index contributed by atoms with van der Waals surface area (Å²) >= 11 is 0. The molecule has 120 valence electrons. The molecule has 1 aromatic rings. The number of nitrogens with zero attached hydrogens (tertiary/aromatic N) is 1. The fraction of sp³-hybridized carbons (Fsp3) is 0.444. The molecule has 1 heterocycles. The van der Waals surface area contributed by atoms with E-state index >= 15 is 0 Å². The lowest BCUT2D eigenvalue weighted by atomic mass is 9.97. The van der Waals surface area contributed by atoms with Crippen molar-refractivity contribution in [1.82, 2.24) is 4.31 Å². The Morgan fingerprint density at radius 1 is 1.09 bits per heavy atom. The second kappa shape index (κ2) is 7.25. The van der Waals surface area contributed by atoms with Gasteiger partial charge in [0.05, 0.1) is 4.91 Å². The molecule has 1 atom stereocenters. The van der Waals surface area contributed by atoms with Gasteiger partial charge in [-0.25, -0.2) is 8.42 Å². The molecule has 3 rings (SSSR count). The number of allylic oxidation sites excluding steroid dienone is 3.